The van der Waals surface area contributed by atoms with Crippen molar-refractivity contribution >= 4 is 23.6 Å². The van der Waals surface area contributed by atoms with E-state index in [-0.39, 0.29) is 12.8 Å². The molecule has 0 atom stereocenters. The highest BCUT2D eigenvalue weighted by molar-refractivity contribution is 6.21. The van der Waals surface area contributed by atoms with Gasteiger partial charge in [0.1, 0.15) is 5.41 Å². The third-order valence-corrected chi connectivity index (χ3v) is 3.66. The second-order valence-electron chi connectivity index (χ2n) is 4.79. The van der Waals surface area contributed by atoms with Gasteiger partial charge in [0.05, 0.1) is 5.71 Å². The van der Waals surface area contributed by atoms with Crippen molar-refractivity contribution in [3.8, 4) is 0 Å². The van der Waals surface area contributed by atoms with Gasteiger partial charge >= 0.3 is 6.03 Å². The third kappa shape index (κ3) is 2.62. The average molecular weight is 288 g/mol. The van der Waals surface area contributed by atoms with E-state index in [1.807, 2.05) is 18.2 Å². The molecule has 0 bridgehead atoms. The molecule has 4 N–H and O–H groups in total. The number of rotatable bonds is 4. The van der Waals surface area contributed by atoms with Crippen LogP contribution in [0.2, 0.25) is 0 Å². The monoisotopic (exact) mass is 288 g/mol. The van der Waals surface area contributed by atoms with E-state index < -0.39 is 23.3 Å². The van der Waals surface area contributed by atoms with Gasteiger partial charge in [-0.2, -0.15) is 5.10 Å². The van der Waals surface area contributed by atoms with E-state index in [0.29, 0.717) is 5.71 Å². The van der Waals surface area contributed by atoms with E-state index in [2.05, 4.69) is 15.7 Å². The van der Waals surface area contributed by atoms with Crippen LogP contribution in [0, 0.1) is 5.41 Å². The highest BCUT2D eigenvalue weighted by Crippen LogP contribution is 2.31. The topological polar surface area (TPSA) is 114 Å². The number of carbonyl (C=O) groups is 3. The molecule has 21 heavy (non-hydrogen) atoms. The minimum absolute atomic E-state index is 0.0228. The molecule has 4 amide bonds. The summed E-state index contributed by atoms with van der Waals surface area (Å²) in [6, 6.07) is 8.23. The van der Waals surface area contributed by atoms with E-state index in [4.69, 9.17) is 5.84 Å². The van der Waals surface area contributed by atoms with Gasteiger partial charge in [-0.1, -0.05) is 37.3 Å². The average Bonchev–Trinajstić information content (AvgIpc) is 2.48. The number of nitrogens with one attached hydrogen (secondary N) is 2. The SMILES string of the molecule is CCC1(CC(=NN)c2ccccc2)C(=O)NC(=O)NC1=O. The lowest BCUT2D eigenvalue weighted by atomic mass is 9.76. The summed E-state index contributed by atoms with van der Waals surface area (Å²) in [5, 5.41) is 7.96. The summed E-state index contributed by atoms with van der Waals surface area (Å²) in [5.41, 5.74) is -0.232. The predicted octanol–water partition coefficient (Wildman–Crippen LogP) is 0.502. The van der Waals surface area contributed by atoms with Crippen molar-refractivity contribution in [2.75, 3.05) is 0 Å². The molecule has 0 radical (unpaired) electrons. The van der Waals surface area contributed by atoms with Crippen LogP contribution in [0.15, 0.2) is 35.4 Å². The summed E-state index contributed by atoms with van der Waals surface area (Å²) >= 11 is 0. The maximum absolute atomic E-state index is 12.2. The lowest BCUT2D eigenvalue weighted by Crippen LogP contribution is -2.62. The zero-order valence-corrected chi connectivity index (χ0v) is 11.6. The number of barbiturate groups is 1. The summed E-state index contributed by atoms with van der Waals surface area (Å²) in [5.74, 6) is 4.15. The first-order valence-corrected chi connectivity index (χ1v) is 6.52. The minimum Gasteiger partial charge on any atom is -0.323 e. The van der Waals surface area contributed by atoms with Gasteiger partial charge in [0.2, 0.25) is 11.8 Å². The van der Waals surface area contributed by atoms with Gasteiger partial charge in [-0.25, -0.2) is 4.79 Å². The first-order chi connectivity index (χ1) is 10.0. The van der Waals surface area contributed by atoms with Crippen molar-refractivity contribution in [1.82, 2.24) is 10.6 Å². The number of benzene rings is 1. The Morgan fingerprint density at radius 3 is 2.19 bits per heavy atom. The number of nitrogens with zero attached hydrogens (tertiary/aromatic N) is 1. The van der Waals surface area contributed by atoms with Gasteiger partial charge < -0.3 is 5.84 Å². The summed E-state index contributed by atoms with van der Waals surface area (Å²) in [7, 11) is 0. The largest absolute Gasteiger partial charge is 0.328 e. The second-order valence-corrected chi connectivity index (χ2v) is 4.79. The molecule has 1 heterocycles. The second kappa shape index (κ2) is 5.74. The van der Waals surface area contributed by atoms with E-state index in [1.54, 1.807) is 19.1 Å². The lowest BCUT2D eigenvalue weighted by Gasteiger charge is -2.33. The van der Waals surface area contributed by atoms with Crippen LogP contribution in [0.5, 0.6) is 0 Å². The van der Waals surface area contributed by atoms with Gasteiger partial charge in [-0.15, -0.1) is 0 Å². The van der Waals surface area contributed by atoms with Crippen LogP contribution in [-0.2, 0) is 9.59 Å². The van der Waals surface area contributed by atoms with E-state index in [9.17, 15) is 14.4 Å². The molecule has 1 aliphatic rings. The standard InChI is InChI=1S/C14H16N4O3/c1-2-14(11(19)16-13(21)17-12(14)20)8-10(18-15)9-6-4-3-5-7-9/h3-7H,2,8,15H2,1H3,(H2,16,17,19,20,21). The molecule has 7 heteroatoms. The van der Waals surface area contributed by atoms with Gasteiger partial charge in [-0.3, -0.25) is 20.2 Å². The molecule has 7 nitrogen and oxygen atoms in total. The Balaban J connectivity index is 2.35. The normalized spacial score (nSPS) is 18.1. The van der Waals surface area contributed by atoms with Crippen molar-refractivity contribution < 1.29 is 14.4 Å². The number of carbonyl (C=O) groups excluding carboxylic acids is 3. The van der Waals surface area contributed by atoms with E-state index in [0.717, 1.165) is 5.56 Å². The molecule has 1 fully saturated rings. The van der Waals surface area contributed by atoms with Crippen LogP contribution < -0.4 is 16.5 Å². The molecule has 2 rings (SSSR count). The molecular weight excluding hydrogens is 272 g/mol. The van der Waals surface area contributed by atoms with Crippen LogP contribution >= 0.6 is 0 Å². The molecular formula is C14H16N4O3. The number of hydrogen-bond donors (Lipinski definition) is 3. The van der Waals surface area contributed by atoms with Gasteiger partial charge in [-0.05, 0) is 12.0 Å². The molecule has 0 aromatic heterocycles. The van der Waals surface area contributed by atoms with Crippen molar-refractivity contribution in [2.45, 2.75) is 19.8 Å². The summed E-state index contributed by atoms with van der Waals surface area (Å²) in [4.78, 5) is 35.5. The fourth-order valence-corrected chi connectivity index (χ4v) is 2.33. The molecule has 0 saturated carbocycles. The number of hydrazone groups is 1. The number of hydrogen-bond acceptors (Lipinski definition) is 5. The molecule has 1 aliphatic heterocycles. The fraction of sp³-hybridized carbons (Fsp3) is 0.286. The highest BCUT2D eigenvalue weighted by atomic mass is 16.2. The molecule has 0 unspecified atom stereocenters. The van der Waals surface area contributed by atoms with Gasteiger partial charge in [0, 0.05) is 6.42 Å². The Hall–Kier alpha value is -2.70. The van der Waals surface area contributed by atoms with Crippen molar-refractivity contribution in [3.05, 3.63) is 35.9 Å². The summed E-state index contributed by atoms with van der Waals surface area (Å²) in [6.45, 7) is 1.70. The highest BCUT2D eigenvalue weighted by Gasteiger charge is 2.49. The maximum atomic E-state index is 12.2. The minimum atomic E-state index is -1.39. The number of urea groups is 1. The Kier molecular flexibility index (Phi) is 4.02. The molecule has 0 aliphatic carbocycles. The molecule has 0 spiro atoms. The maximum Gasteiger partial charge on any atom is 0.328 e. The number of amides is 4. The quantitative estimate of drug-likeness (QED) is 0.324. The van der Waals surface area contributed by atoms with E-state index in [1.165, 1.54) is 0 Å². The van der Waals surface area contributed by atoms with Crippen LogP contribution in [0.25, 0.3) is 0 Å². The zero-order valence-electron chi connectivity index (χ0n) is 11.6. The zero-order chi connectivity index (χ0) is 15.5. The van der Waals surface area contributed by atoms with Crippen LogP contribution in [0.3, 0.4) is 0 Å². The first-order valence-electron chi connectivity index (χ1n) is 6.52. The van der Waals surface area contributed by atoms with Crippen LogP contribution in [0.1, 0.15) is 25.3 Å². The van der Waals surface area contributed by atoms with E-state index >= 15 is 0 Å². The smallest absolute Gasteiger partial charge is 0.323 e. The van der Waals surface area contributed by atoms with Crippen molar-refractivity contribution in [3.63, 3.8) is 0 Å². The molecule has 1 aromatic carbocycles. The number of imide groups is 2. The number of nitrogens with two attached hydrogens (primary N) is 1. The molecule has 1 aromatic rings. The Bertz CT molecular complexity index is 590. The molecule has 1 saturated heterocycles. The van der Waals surface area contributed by atoms with Crippen molar-refractivity contribution in [1.29, 1.82) is 0 Å². The van der Waals surface area contributed by atoms with Gasteiger partial charge in [0.25, 0.3) is 0 Å². The first kappa shape index (κ1) is 14.7. The van der Waals surface area contributed by atoms with Crippen LogP contribution in [0.4, 0.5) is 4.79 Å². The third-order valence-electron chi connectivity index (χ3n) is 3.66. The van der Waals surface area contributed by atoms with Gasteiger partial charge in [0.15, 0.2) is 0 Å². The van der Waals surface area contributed by atoms with Crippen LogP contribution in [-0.4, -0.2) is 23.6 Å². The van der Waals surface area contributed by atoms with Crippen molar-refractivity contribution in [2.24, 2.45) is 16.4 Å². The summed E-state index contributed by atoms with van der Waals surface area (Å²) < 4.78 is 0. The predicted molar refractivity (Wildman–Crippen MR) is 76.2 cm³/mol. The fourth-order valence-electron chi connectivity index (χ4n) is 2.33. The summed E-state index contributed by atoms with van der Waals surface area (Å²) in [6.07, 6.45) is 0.249. The molecule has 110 valence electrons. The Labute approximate surface area is 121 Å². The Morgan fingerprint density at radius 1 is 1.14 bits per heavy atom. The Morgan fingerprint density at radius 2 is 1.71 bits per heavy atom. The lowest BCUT2D eigenvalue weighted by molar-refractivity contribution is -0.144.